The first-order valence-corrected chi connectivity index (χ1v) is 11.5. The number of ether oxygens (including phenoxy) is 2. The van der Waals surface area contributed by atoms with Crippen molar-refractivity contribution in [3.8, 4) is 17.2 Å². The molecule has 3 aromatic rings. The number of carbonyl (C=O) groups is 2. The van der Waals surface area contributed by atoms with Gasteiger partial charge in [0.15, 0.2) is 11.0 Å². The molecule has 33 heavy (non-hydrogen) atoms. The first-order chi connectivity index (χ1) is 16.0. The summed E-state index contributed by atoms with van der Waals surface area (Å²) in [6, 6.07) is 19.8. The fourth-order valence-corrected chi connectivity index (χ4v) is 4.96. The highest BCUT2D eigenvalue weighted by Crippen LogP contribution is 2.41. The molecule has 1 aliphatic carbocycles. The molecule has 8 heteroatoms. The quantitative estimate of drug-likeness (QED) is 0.582. The van der Waals surface area contributed by atoms with Crippen LogP contribution in [0.1, 0.15) is 39.6 Å². The van der Waals surface area contributed by atoms with Crippen molar-refractivity contribution >= 4 is 27.7 Å². The van der Waals surface area contributed by atoms with Crippen LogP contribution in [-0.2, 0) is 22.2 Å². The van der Waals surface area contributed by atoms with Crippen molar-refractivity contribution in [2.45, 2.75) is 18.9 Å². The molecule has 0 bridgehead atoms. The van der Waals surface area contributed by atoms with Crippen molar-refractivity contribution in [3.05, 3.63) is 95.1 Å². The predicted molar refractivity (Wildman–Crippen MR) is 124 cm³/mol. The highest BCUT2D eigenvalue weighted by molar-refractivity contribution is 7.93. The number of fused-ring (bicyclic) bond motifs is 1. The average Bonchev–Trinajstić information content (AvgIpc) is 3.37. The second-order valence-electron chi connectivity index (χ2n) is 7.73. The van der Waals surface area contributed by atoms with E-state index in [1.165, 1.54) is 6.08 Å². The van der Waals surface area contributed by atoms with Gasteiger partial charge in [-0.2, -0.15) is 0 Å². The van der Waals surface area contributed by atoms with Gasteiger partial charge in [-0.1, -0.05) is 30.3 Å². The zero-order valence-corrected chi connectivity index (χ0v) is 18.3. The Kier molecular flexibility index (Phi) is 5.43. The maximum absolute atomic E-state index is 11.9. The van der Waals surface area contributed by atoms with Crippen LogP contribution in [0.4, 0.5) is 0 Å². The summed E-state index contributed by atoms with van der Waals surface area (Å²) in [5.41, 5.74) is 8.59. The van der Waals surface area contributed by atoms with Crippen LogP contribution in [0.5, 0.6) is 17.2 Å². The Balaban J connectivity index is 1.33. The van der Waals surface area contributed by atoms with E-state index in [1.54, 1.807) is 36.4 Å². The van der Waals surface area contributed by atoms with Crippen molar-refractivity contribution < 1.29 is 23.3 Å². The van der Waals surface area contributed by atoms with Crippen LogP contribution in [0.15, 0.2) is 72.8 Å². The summed E-state index contributed by atoms with van der Waals surface area (Å²) >= 11 is 0. The number of hydrogen-bond acceptors (Lipinski definition) is 5. The molecule has 7 nitrogen and oxygen atoms in total. The molecule has 0 fully saturated rings. The van der Waals surface area contributed by atoms with E-state index in [-0.39, 0.29) is 12.0 Å². The summed E-state index contributed by atoms with van der Waals surface area (Å²) in [5.74, 6) is 1.09. The fourth-order valence-electron chi connectivity index (χ4n) is 4.04. The van der Waals surface area contributed by atoms with Gasteiger partial charge in [0.25, 0.3) is 5.91 Å². The first kappa shape index (κ1) is 21.0. The highest BCUT2D eigenvalue weighted by Gasteiger charge is 2.27. The lowest BCUT2D eigenvalue weighted by atomic mass is 10.1. The van der Waals surface area contributed by atoms with Gasteiger partial charge in [-0.3, -0.25) is 14.3 Å². The number of primary amides is 1. The normalized spacial score (nSPS) is 18.9. The summed E-state index contributed by atoms with van der Waals surface area (Å²) in [6.45, 7) is 0. The monoisotopic (exact) mass is 460 g/mol. The Bertz CT molecular complexity index is 1320. The minimum absolute atomic E-state index is 0.130. The van der Waals surface area contributed by atoms with Crippen LogP contribution >= 0.6 is 0 Å². The van der Waals surface area contributed by atoms with Crippen LogP contribution < -0.4 is 19.9 Å². The second kappa shape index (κ2) is 8.55. The zero-order valence-electron chi connectivity index (χ0n) is 17.4. The molecule has 1 heterocycles. The van der Waals surface area contributed by atoms with E-state index in [4.69, 9.17) is 15.2 Å². The summed E-state index contributed by atoms with van der Waals surface area (Å²) in [4.78, 5) is 23.3. The van der Waals surface area contributed by atoms with Crippen LogP contribution in [0.3, 0.4) is 0 Å². The molecule has 3 aromatic carbocycles. The van der Waals surface area contributed by atoms with Gasteiger partial charge in [-0.25, -0.2) is 4.21 Å². The number of hydrogen-bond donors (Lipinski definition) is 2. The van der Waals surface area contributed by atoms with Gasteiger partial charge >= 0.3 is 0 Å². The SMILES string of the molecule is NC(=O)c1cccc(Oc2cccc3c2CC[C@H]3Oc2ccc(C3=CC(=O)NS3=O)cc2)c1. The van der Waals surface area contributed by atoms with Gasteiger partial charge in [0, 0.05) is 17.2 Å². The van der Waals surface area contributed by atoms with Crippen molar-refractivity contribution in [2.75, 3.05) is 0 Å². The Morgan fingerprint density at radius 1 is 1.03 bits per heavy atom. The predicted octanol–water partition coefficient (Wildman–Crippen LogP) is 3.78. The van der Waals surface area contributed by atoms with E-state index >= 15 is 0 Å². The summed E-state index contributed by atoms with van der Waals surface area (Å²) in [5, 5.41) is 0. The third-order valence-electron chi connectivity index (χ3n) is 5.59. The molecule has 5 rings (SSSR count). The van der Waals surface area contributed by atoms with Crippen molar-refractivity contribution in [1.29, 1.82) is 0 Å². The molecule has 0 aromatic heterocycles. The number of carbonyl (C=O) groups excluding carboxylic acids is 2. The van der Waals surface area contributed by atoms with Crippen LogP contribution in [0, 0.1) is 0 Å². The van der Waals surface area contributed by atoms with E-state index in [1.807, 2.05) is 30.3 Å². The van der Waals surface area contributed by atoms with E-state index < -0.39 is 16.9 Å². The van der Waals surface area contributed by atoms with E-state index in [0.717, 1.165) is 29.7 Å². The lowest BCUT2D eigenvalue weighted by Gasteiger charge is -2.16. The maximum atomic E-state index is 11.9. The topological polar surface area (TPSA) is 108 Å². The van der Waals surface area contributed by atoms with Crippen LogP contribution in [-0.4, -0.2) is 16.0 Å². The number of amides is 2. The molecule has 0 saturated heterocycles. The largest absolute Gasteiger partial charge is 0.486 e. The molecule has 1 aliphatic heterocycles. The minimum Gasteiger partial charge on any atom is -0.486 e. The molecule has 3 N–H and O–H groups in total. The van der Waals surface area contributed by atoms with Gasteiger partial charge in [0.2, 0.25) is 5.91 Å². The molecule has 2 atom stereocenters. The van der Waals surface area contributed by atoms with Crippen LogP contribution in [0.2, 0.25) is 0 Å². The molecule has 0 saturated carbocycles. The van der Waals surface area contributed by atoms with E-state index in [2.05, 4.69) is 4.72 Å². The third-order valence-corrected chi connectivity index (χ3v) is 6.73. The van der Waals surface area contributed by atoms with Crippen molar-refractivity contribution in [2.24, 2.45) is 5.73 Å². The molecule has 0 spiro atoms. The van der Waals surface area contributed by atoms with Gasteiger partial charge in [0.05, 0.1) is 4.91 Å². The second-order valence-corrected chi connectivity index (χ2v) is 8.91. The number of benzene rings is 3. The summed E-state index contributed by atoms with van der Waals surface area (Å²) in [6.07, 6.45) is 2.81. The summed E-state index contributed by atoms with van der Waals surface area (Å²) in [7, 11) is -1.52. The molecular weight excluding hydrogens is 440 g/mol. The Hall–Kier alpha value is -3.91. The van der Waals surface area contributed by atoms with Crippen molar-refractivity contribution in [3.63, 3.8) is 0 Å². The molecule has 1 unspecified atom stereocenters. The molecule has 0 radical (unpaired) electrons. The van der Waals surface area contributed by atoms with E-state index in [0.29, 0.717) is 27.5 Å². The molecule has 2 aliphatic rings. The van der Waals surface area contributed by atoms with E-state index in [9.17, 15) is 13.8 Å². The number of nitrogens with one attached hydrogen (secondary N) is 1. The minimum atomic E-state index is -1.52. The third kappa shape index (κ3) is 4.25. The highest BCUT2D eigenvalue weighted by atomic mass is 32.2. The molecule has 2 amide bonds. The van der Waals surface area contributed by atoms with Crippen LogP contribution in [0.25, 0.3) is 4.91 Å². The standard InChI is InChI=1S/C25H20N2O5S/c26-25(29)16-3-1-4-18(13-16)32-21-6-2-5-19-20(21)11-12-22(19)31-17-9-7-15(8-10-17)23-14-24(28)27-33(23)30/h1-10,13-14,22H,11-12H2,(H2,26,29)(H,27,28)/t22-,33?/m1/s1. The van der Waals surface area contributed by atoms with Gasteiger partial charge in [0.1, 0.15) is 23.4 Å². The van der Waals surface area contributed by atoms with Crippen molar-refractivity contribution in [1.82, 2.24) is 4.72 Å². The average molecular weight is 461 g/mol. The lowest BCUT2D eigenvalue weighted by Crippen LogP contribution is -2.16. The first-order valence-electron chi connectivity index (χ1n) is 10.4. The Morgan fingerprint density at radius 2 is 1.82 bits per heavy atom. The fraction of sp³-hybridized carbons (Fsp3) is 0.120. The lowest BCUT2D eigenvalue weighted by molar-refractivity contribution is -0.114. The number of nitrogens with two attached hydrogens (primary N) is 1. The van der Waals surface area contributed by atoms with Gasteiger partial charge in [-0.15, -0.1) is 0 Å². The zero-order chi connectivity index (χ0) is 22.9. The Morgan fingerprint density at radius 3 is 2.55 bits per heavy atom. The van der Waals surface area contributed by atoms with Gasteiger partial charge < -0.3 is 15.2 Å². The smallest absolute Gasteiger partial charge is 0.257 e. The Labute approximate surface area is 192 Å². The van der Waals surface area contributed by atoms with Gasteiger partial charge in [-0.05, 0) is 60.4 Å². The maximum Gasteiger partial charge on any atom is 0.257 e. The molecule has 166 valence electrons. The number of rotatable bonds is 6. The summed E-state index contributed by atoms with van der Waals surface area (Å²) < 4.78 is 26.6. The molecular formula is C25H20N2O5S.